The van der Waals surface area contributed by atoms with Crippen molar-refractivity contribution < 1.29 is 27.8 Å². The van der Waals surface area contributed by atoms with Gasteiger partial charge in [-0.2, -0.15) is 8.78 Å². The van der Waals surface area contributed by atoms with Crippen LogP contribution < -0.4 is 10.2 Å². The summed E-state index contributed by atoms with van der Waals surface area (Å²) < 4.78 is 52.0. The molecular weight excluding hydrogens is 511 g/mol. The predicted molar refractivity (Wildman–Crippen MR) is 144 cm³/mol. The Bertz CT molecular complexity index is 1450. The third kappa shape index (κ3) is 4.62. The van der Waals surface area contributed by atoms with Crippen molar-refractivity contribution in [1.29, 1.82) is 0 Å². The van der Waals surface area contributed by atoms with E-state index < -0.39 is 34.5 Å². The van der Waals surface area contributed by atoms with E-state index in [0.29, 0.717) is 33.8 Å². The van der Waals surface area contributed by atoms with Crippen molar-refractivity contribution in [3.8, 4) is 0 Å². The van der Waals surface area contributed by atoms with Crippen LogP contribution >= 0.6 is 0 Å². The number of carbonyl (C=O) groups is 1. The van der Waals surface area contributed by atoms with Crippen molar-refractivity contribution in [2.45, 2.75) is 50.9 Å². The van der Waals surface area contributed by atoms with Crippen LogP contribution in [0.25, 0.3) is 10.9 Å². The first-order valence-electron chi connectivity index (χ1n) is 12.5. The number of anilines is 2. The van der Waals surface area contributed by atoms with Crippen LogP contribution in [0.2, 0.25) is 0 Å². The van der Waals surface area contributed by atoms with Crippen molar-refractivity contribution in [2.75, 3.05) is 45.0 Å². The Morgan fingerprint density at radius 1 is 1.26 bits per heavy atom. The smallest absolute Gasteiger partial charge is 0.305 e. The lowest BCUT2D eigenvalue weighted by Gasteiger charge is -2.35. The first kappa shape index (κ1) is 28.7. The van der Waals surface area contributed by atoms with Gasteiger partial charge in [0.2, 0.25) is 0 Å². The van der Waals surface area contributed by atoms with E-state index in [2.05, 4.69) is 15.3 Å². The molecule has 0 radical (unpaired) electrons. The molecule has 1 aliphatic rings. The summed E-state index contributed by atoms with van der Waals surface area (Å²) in [6, 6.07) is 6.50. The topological polar surface area (TPSA) is 90.8 Å². The van der Waals surface area contributed by atoms with Crippen LogP contribution in [0.15, 0.2) is 30.3 Å². The number of amides is 1. The summed E-state index contributed by atoms with van der Waals surface area (Å²) in [5.74, 6) is -4.42. The van der Waals surface area contributed by atoms with Gasteiger partial charge in [0, 0.05) is 37.2 Å². The van der Waals surface area contributed by atoms with E-state index in [1.807, 2.05) is 0 Å². The quantitative estimate of drug-likeness (QED) is 0.431. The molecule has 0 saturated heterocycles. The van der Waals surface area contributed by atoms with Gasteiger partial charge < -0.3 is 25.0 Å². The second-order valence-electron chi connectivity index (χ2n) is 10.8. The Balaban J connectivity index is 1.76. The van der Waals surface area contributed by atoms with E-state index in [9.17, 15) is 9.90 Å². The van der Waals surface area contributed by atoms with Crippen LogP contribution in [0.5, 0.6) is 0 Å². The molecule has 11 heteroatoms. The van der Waals surface area contributed by atoms with Crippen molar-refractivity contribution in [2.24, 2.45) is 0 Å². The number of aryl methyl sites for hydroxylation is 1. The molecule has 1 aromatic heterocycles. The summed E-state index contributed by atoms with van der Waals surface area (Å²) in [4.78, 5) is 24.8. The zero-order valence-electron chi connectivity index (χ0n) is 23.4. The van der Waals surface area contributed by atoms with Crippen molar-refractivity contribution in [3.63, 3.8) is 0 Å². The van der Waals surface area contributed by atoms with Crippen molar-refractivity contribution in [1.82, 2.24) is 14.9 Å². The number of carbonyl (C=O) groups excluding carboxylic acids is 1. The van der Waals surface area contributed by atoms with Gasteiger partial charge in [-0.1, -0.05) is 12.1 Å². The zero-order chi connectivity index (χ0) is 29.1. The summed E-state index contributed by atoms with van der Waals surface area (Å²) in [6.07, 6.45) is 0. The zero-order valence-corrected chi connectivity index (χ0v) is 23.4. The first-order chi connectivity index (χ1) is 18.0. The standard InChI is InChI=1S/C28H34F3N5O3/c1-15(17-10-9-11-19(23(17)29)28(30,31)26(3,38)14-35(5)6)32-24-18-12-22-20(13-21(18)33-16(2)34-24)27(4,39-8)25(37)36(22)7/h9-13,15,38H,14H2,1-8H3,(H,32,33,34)/t15-,26-,27-/m1/s1. The summed E-state index contributed by atoms with van der Waals surface area (Å²) in [5, 5.41) is 14.3. The average molecular weight is 546 g/mol. The van der Waals surface area contributed by atoms with E-state index in [-0.39, 0.29) is 18.0 Å². The SMILES string of the molecule is CO[C@@]1(C)C(=O)N(C)c2cc3c(N[C@H](C)c4cccc(C(F)(F)[C@](C)(O)CN(C)C)c4F)nc(C)nc3cc21. The van der Waals surface area contributed by atoms with Gasteiger partial charge in [-0.3, -0.25) is 4.79 Å². The maximum absolute atomic E-state index is 15.6. The Kier molecular flexibility index (Phi) is 7.16. The van der Waals surface area contributed by atoms with Gasteiger partial charge in [-0.25, -0.2) is 14.4 Å². The molecule has 2 aromatic carbocycles. The highest BCUT2D eigenvalue weighted by Crippen LogP contribution is 2.45. The predicted octanol–water partition coefficient (Wildman–Crippen LogP) is 4.49. The number of aromatic nitrogens is 2. The lowest BCUT2D eigenvalue weighted by atomic mass is 9.89. The Hall–Kier alpha value is -3.28. The van der Waals surface area contributed by atoms with E-state index in [4.69, 9.17) is 4.74 Å². The minimum Gasteiger partial charge on any atom is -0.382 e. The number of benzene rings is 2. The summed E-state index contributed by atoms with van der Waals surface area (Å²) >= 11 is 0. The number of halogens is 3. The molecule has 0 unspecified atom stereocenters. The Labute approximate surface area is 225 Å². The van der Waals surface area contributed by atoms with Crippen LogP contribution in [0.1, 0.15) is 49.3 Å². The second-order valence-corrected chi connectivity index (χ2v) is 10.8. The van der Waals surface area contributed by atoms with Crippen LogP contribution in [0.4, 0.5) is 24.7 Å². The van der Waals surface area contributed by atoms with Gasteiger partial charge in [0.25, 0.3) is 5.91 Å². The molecule has 210 valence electrons. The molecule has 0 aliphatic carbocycles. The van der Waals surface area contributed by atoms with Crippen LogP contribution in [0, 0.1) is 12.7 Å². The molecule has 8 nitrogen and oxygen atoms in total. The largest absolute Gasteiger partial charge is 0.382 e. The molecule has 0 spiro atoms. The third-order valence-electron chi connectivity index (χ3n) is 7.41. The number of likely N-dealkylation sites (N-methyl/N-ethyl adjacent to an activating group) is 2. The van der Waals surface area contributed by atoms with Crippen LogP contribution in [-0.2, 0) is 21.1 Å². The fourth-order valence-corrected chi connectivity index (χ4v) is 5.21. The molecule has 2 N–H and O–H groups in total. The van der Waals surface area contributed by atoms with Gasteiger partial charge in [0.05, 0.1) is 22.8 Å². The van der Waals surface area contributed by atoms with E-state index in [0.717, 1.165) is 13.0 Å². The summed E-state index contributed by atoms with van der Waals surface area (Å²) in [6.45, 7) is 5.65. The number of hydrogen-bond donors (Lipinski definition) is 2. The lowest BCUT2D eigenvalue weighted by Crippen LogP contribution is -2.50. The molecule has 39 heavy (non-hydrogen) atoms. The van der Waals surface area contributed by atoms with Crippen molar-refractivity contribution >= 4 is 28.3 Å². The fraction of sp³-hybridized carbons (Fsp3) is 0.464. The van der Waals surface area contributed by atoms with E-state index in [1.54, 1.807) is 54.0 Å². The van der Waals surface area contributed by atoms with Crippen LogP contribution in [0.3, 0.4) is 0 Å². The van der Waals surface area contributed by atoms with E-state index in [1.165, 1.54) is 29.0 Å². The number of hydrogen-bond acceptors (Lipinski definition) is 7. The number of rotatable bonds is 8. The normalized spacial score (nSPS) is 19.9. The molecule has 3 atom stereocenters. The maximum Gasteiger partial charge on any atom is 0.305 e. The Morgan fingerprint density at radius 2 is 1.92 bits per heavy atom. The summed E-state index contributed by atoms with van der Waals surface area (Å²) in [5.41, 5.74) is -2.75. The van der Waals surface area contributed by atoms with Gasteiger partial charge >= 0.3 is 5.92 Å². The molecule has 1 aliphatic heterocycles. The monoisotopic (exact) mass is 545 g/mol. The van der Waals surface area contributed by atoms with Gasteiger partial charge in [0.1, 0.15) is 23.1 Å². The fourth-order valence-electron chi connectivity index (χ4n) is 5.21. The molecule has 1 amide bonds. The van der Waals surface area contributed by atoms with E-state index >= 15 is 13.2 Å². The lowest BCUT2D eigenvalue weighted by molar-refractivity contribution is -0.186. The number of ether oxygens (including phenoxy) is 1. The molecule has 0 fully saturated rings. The van der Waals surface area contributed by atoms with Gasteiger partial charge in [0.15, 0.2) is 5.60 Å². The highest BCUT2D eigenvalue weighted by atomic mass is 19.3. The highest BCUT2D eigenvalue weighted by molar-refractivity contribution is 6.09. The number of nitrogens with zero attached hydrogens (tertiary/aromatic N) is 4. The third-order valence-corrected chi connectivity index (χ3v) is 7.41. The molecule has 2 heterocycles. The Morgan fingerprint density at radius 3 is 2.54 bits per heavy atom. The molecule has 0 saturated carbocycles. The molecule has 3 aromatic rings. The van der Waals surface area contributed by atoms with Gasteiger partial charge in [-0.05, 0) is 60.0 Å². The number of methoxy groups -OCH3 is 1. The van der Waals surface area contributed by atoms with Gasteiger partial charge in [-0.15, -0.1) is 0 Å². The number of alkyl halides is 2. The first-order valence-corrected chi connectivity index (χ1v) is 12.5. The molecule has 0 bridgehead atoms. The van der Waals surface area contributed by atoms with Crippen molar-refractivity contribution in [3.05, 3.63) is 58.7 Å². The minimum atomic E-state index is -3.86. The maximum atomic E-state index is 15.6. The average Bonchev–Trinajstić information content (AvgIpc) is 3.03. The number of aliphatic hydroxyl groups is 1. The highest BCUT2D eigenvalue weighted by Gasteiger charge is 2.52. The number of fused-ring (bicyclic) bond motifs is 2. The second kappa shape index (κ2) is 9.72. The number of nitrogens with one attached hydrogen (secondary N) is 1. The molecule has 4 rings (SSSR count). The van der Waals surface area contributed by atoms with Crippen LogP contribution in [-0.4, -0.2) is 66.3 Å². The summed E-state index contributed by atoms with van der Waals surface area (Å²) in [7, 11) is 6.22. The molecular formula is C28H34F3N5O3. The minimum absolute atomic E-state index is 0.0161.